The maximum absolute atomic E-state index is 12.5. The Kier molecular flexibility index (Phi) is 10.5. The molecule has 0 amide bonds. The standard InChI is InChI=1S/C21H27N6O18P3/c22-17-12-18(24-7-23-17)27(8-25-12)19-15(30)13(28)10(42-19)5-40-47(36,37)45-48(38,39)41-6-11-14(29)16(44-46(33,34)35)20(43-11)26-3-1-2-9(4-26)21(31)32/h1-4,7-8,10-11,13-16,19-20,28-30H,5-6H2,(H6-,22,23,24,31,32,33,34,35,36,37,38,39)/p+1/t10-,11-,13+,14+,15?,16?,19?,20?/m1/s1. The Labute approximate surface area is 267 Å². The fourth-order valence-electron chi connectivity index (χ4n) is 4.81. The minimum Gasteiger partial charge on any atom is -0.477 e. The van der Waals surface area contributed by atoms with Crippen molar-refractivity contribution in [3.63, 3.8) is 0 Å². The summed E-state index contributed by atoms with van der Waals surface area (Å²) < 4.78 is 68.0. The number of phosphoric ester groups is 3. The number of aromatic carboxylic acids is 1. The molecule has 3 aromatic rings. The highest BCUT2D eigenvalue weighted by atomic mass is 31.3. The van der Waals surface area contributed by atoms with Crippen LogP contribution in [0.25, 0.3) is 11.2 Å². The van der Waals surface area contributed by atoms with E-state index in [2.05, 4.69) is 32.8 Å². The van der Waals surface area contributed by atoms with Gasteiger partial charge in [-0.3, -0.25) is 18.1 Å². The number of fused-ring (bicyclic) bond motifs is 1. The summed E-state index contributed by atoms with van der Waals surface area (Å²) in [5, 5.41) is 40.8. The summed E-state index contributed by atoms with van der Waals surface area (Å²) in [5.41, 5.74) is 5.75. The van der Waals surface area contributed by atoms with Crippen molar-refractivity contribution < 1.29 is 90.4 Å². The average molecular weight is 745 g/mol. The molecule has 0 bridgehead atoms. The summed E-state index contributed by atoms with van der Waals surface area (Å²) in [6, 6.07) is 2.43. The number of nitrogens with two attached hydrogens (primary N) is 1. The van der Waals surface area contributed by atoms with Gasteiger partial charge in [-0.25, -0.2) is 33.4 Å². The highest BCUT2D eigenvalue weighted by Gasteiger charge is 2.53. The topological polar surface area (TPSA) is 359 Å². The van der Waals surface area contributed by atoms with Crippen LogP contribution in [0.5, 0.6) is 0 Å². The summed E-state index contributed by atoms with van der Waals surface area (Å²) in [7, 11) is -16.3. The first kappa shape index (κ1) is 36.4. The molecule has 2 aliphatic rings. The molecule has 0 aliphatic carbocycles. The number of aliphatic hydroxyl groups is 3. The van der Waals surface area contributed by atoms with Crippen molar-refractivity contribution in [3.8, 4) is 0 Å². The fourth-order valence-corrected chi connectivity index (χ4v) is 7.45. The van der Waals surface area contributed by atoms with Crippen LogP contribution < -0.4 is 10.3 Å². The van der Waals surface area contributed by atoms with Crippen molar-refractivity contribution in [2.24, 2.45) is 0 Å². The lowest BCUT2D eigenvalue weighted by Crippen LogP contribution is -2.47. The van der Waals surface area contributed by atoms with Crippen LogP contribution in [0.2, 0.25) is 0 Å². The molecule has 0 saturated carbocycles. The van der Waals surface area contributed by atoms with E-state index < -0.39 is 91.7 Å². The quantitative estimate of drug-likeness (QED) is 0.0656. The number of ether oxygens (including phenoxy) is 2. The van der Waals surface area contributed by atoms with Gasteiger partial charge in [-0.1, -0.05) is 0 Å². The lowest BCUT2D eigenvalue weighted by atomic mass is 10.1. The number of rotatable bonds is 13. The smallest absolute Gasteiger partial charge is 0.477 e. The molecule has 10 atom stereocenters. The van der Waals surface area contributed by atoms with E-state index in [9.17, 15) is 58.5 Å². The second kappa shape index (κ2) is 13.8. The van der Waals surface area contributed by atoms with Gasteiger partial charge in [-0.2, -0.15) is 8.88 Å². The first-order chi connectivity index (χ1) is 22.4. The van der Waals surface area contributed by atoms with E-state index in [0.717, 1.165) is 17.1 Å². The van der Waals surface area contributed by atoms with Crippen molar-refractivity contribution in [2.75, 3.05) is 18.9 Å². The molecule has 10 N–H and O–H groups in total. The van der Waals surface area contributed by atoms with Crippen LogP contribution in [0.1, 0.15) is 22.8 Å². The molecule has 264 valence electrons. The Hall–Kier alpha value is -2.86. The molecule has 0 radical (unpaired) electrons. The Morgan fingerprint density at radius 1 is 0.958 bits per heavy atom. The zero-order chi connectivity index (χ0) is 35.2. The normalized spacial score (nSPS) is 30.3. The molecule has 27 heteroatoms. The van der Waals surface area contributed by atoms with Crippen molar-refractivity contribution in [1.29, 1.82) is 0 Å². The molecule has 48 heavy (non-hydrogen) atoms. The van der Waals surface area contributed by atoms with E-state index in [1.165, 1.54) is 29.2 Å². The molecule has 2 saturated heterocycles. The van der Waals surface area contributed by atoms with Gasteiger partial charge in [0.1, 0.15) is 47.9 Å². The number of carboxylic acids is 1. The summed E-state index contributed by atoms with van der Waals surface area (Å²) in [4.78, 5) is 61.9. The van der Waals surface area contributed by atoms with Crippen LogP contribution in [-0.4, -0.2) is 115 Å². The molecule has 0 spiro atoms. The molecule has 3 aromatic heterocycles. The number of imidazole rings is 1. The van der Waals surface area contributed by atoms with Gasteiger partial charge in [0, 0.05) is 6.07 Å². The van der Waals surface area contributed by atoms with Crippen LogP contribution in [0.4, 0.5) is 5.82 Å². The van der Waals surface area contributed by atoms with Crippen molar-refractivity contribution in [3.05, 3.63) is 42.7 Å². The van der Waals surface area contributed by atoms with Crippen LogP contribution in [0, 0.1) is 0 Å². The minimum absolute atomic E-state index is 0.0215. The first-order valence-corrected chi connectivity index (χ1v) is 17.8. The Morgan fingerprint density at radius 3 is 2.23 bits per heavy atom. The molecule has 2 fully saturated rings. The Balaban J connectivity index is 1.20. The third-order valence-corrected chi connectivity index (χ3v) is 10.1. The largest absolute Gasteiger partial charge is 0.481 e. The van der Waals surface area contributed by atoms with Gasteiger partial charge in [0.15, 0.2) is 36.2 Å². The van der Waals surface area contributed by atoms with Crippen LogP contribution in [-0.2, 0) is 41.1 Å². The average Bonchev–Trinajstić information content (AvgIpc) is 3.64. The summed E-state index contributed by atoms with van der Waals surface area (Å²) >= 11 is 0. The Bertz CT molecular complexity index is 1810. The maximum atomic E-state index is 12.5. The third kappa shape index (κ3) is 8.12. The van der Waals surface area contributed by atoms with Gasteiger partial charge in [0.05, 0.1) is 19.5 Å². The predicted molar refractivity (Wildman–Crippen MR) is 149 cm³/mol. The number of phosphoric acid groups is 3. The number of hydrogen-bond acceptors (Lipinski definition) is 17. The number of nitrogens with zero attached hydrogens (tertiary/aromatic N) is 5. The van der Waals surface area contributed by atoms with Gasteiger partial charge in [-0.05, 0) is 6.07 Å². The van der Waals surface area contributed by atoms with E-state index in [0.29, 0.717) is 0 Å². The summed E-state index contributed by atoms with van der Waals surface area (Å²) in [6.45, 7) is -2.07. The lowest BCUT2D eigenvalue weighted by molar-refractivity contribution is -0.765. The van der Waals surface area contributed by atoms with Crippen molar-refractivity contribution in [2.45, 2.75) is 49.1 Å². The molecular weight excluding hydrogens is 717 g/mol. The molecule has 0 aromatic carbocycles. The number of carboxylic acid groups (broad SMARTS) is 1. The number of hydrogen-bond donors (Lipinski definition) is 9. The molecule has 6 unspecified atom stereocenters. The maximum Gasteiger partial charge on any atom is 0.481 e. The zero-order valence-electron chi connectivity index (χ0n) is 23.8. The molecule has 5 rings (SSSR count). The number of aromatic nitrogens is 5. The molecule has 5 heterocycles. The van der Waals surface area contributed by atoms with E-state index in [1.54, 1.807) is 0 Å². The number of carbonyl (C=O) groups is 1. The van der Waals surface area contributed by atoms with Crippen molar-refractivity contribution >= 4 is 46.4 Å². The molecule has 24 nitrogen and oxygen atoms in total. The monoisotopic (exact) mass is 745 g/mol. The summed E-state index contributed by atoms with van der Waals surface area (Å²) in [5.74, 6) is -1.35. The minimum atomic E-state index is -5.54. The Morgan fingerprint density at radius 2 is 1.60 bits per heavy atom. The third-order valence-electron chi connectivity index (χ3n) is 6.94. The SMILES string of the molecule is Nc1ncnc2c1ncn2C1O[C@H](COP(=O)(O)OP(=O)(O)OC[C@H]2OC([n+]3cccc(C(=O)O)c3)C(OP(=O)(O)O)[C@H]2O)[C@H](O)C1O. The van der Waals surface area contributed by atoms with E-state index in [1.807, 2.05) is 0 Å². The summed E-state index contributed by atoms with van der Waals surface area (Å²) in [6.07, 6.45) is -8.80. The van der Waals surface area contributed by atoms with Gasteiger partial charge < -0.3 is 55.2 Å². The predicted octanol–water partition coefficient (Wildman–Crippen LogP) is -2.30. The fraction of sp³-hybridized carbons (Fsp3) is 0.476. The van der Waals surface area contributed by atoms with Crippen LogP contribution in [0.3, 0.4) is 0 Å². The molecule has 2 aliphatic heterocycles. The highest BCUT2D eigenvalue weighted by Crippen LogP contribution is 2.61. The van der Waals surface area contributed by atoms with E-state index in [-0.39, 0.29) is 22.5 Å². The lowest BCUT2D eigenvalue weighted by Gasteiger charge is -2.20. The number of anilines is 1. The number of pyridine rings is 1. The van der Waals surface area contributed by atoms with E-state index in [4.69, 9.17) is 15.2 Å². The second-order valence-electron chi connectivity index (χ2n) is 10.2. The first-order valence-electron chi connectivity index (χ1n) is 13.3. The highest BCUT2D eigenvalue weighted by molar-refractivity contribution is 7.61. The molecular formula is C21H28N6O18P3+. The van der Waals surface area contributed by atoms with Gasteiger partial charge in [0.25, 0.3) is 6.23 Å². The number of aliphatic hydroxyl groups excluding tert-OH is 3. The van der Waals surface area contributed by atoms with Gasteiger partial charge in [-0.15, -0.1) is 0 Å². The number of nitrogen functional groups attached to an aromatic ring is 1. The van der Waals surface area contributed by atoms with Gasteiger partial charge >= 0.3 is 29.4 Å². The van der Waals surface area contributed by atoms with Crippen LogP contribution in [0.15, 0.2) is 37.2 Å². The van der Waals surface area contributed by atoms with Crippen molar-refractivity contribution in [1.82, 2.24) is 19.5 Å². The second-order valence-corrected chi connectivity index (χ2v) is 14.4. The van der Waals surface area contributed by atoms with E-state index >= 15 is 0 Å². The zero-order valence-corrected chi connectivity index (χ0v) is 26.5. The van der Waals surface area contributed by atoms with Crippen LogP contribution >= 0.6 is 23.5 Å². The van der Waals surface area contributed by atoms with Gasteiger partial charge in [0.2, 0.25) is 0 Å².